The lowest BCUT2D eigenvalue weighted by molar-refractivity contribution is -0.181. The van der Waals surface area contributed by atoms with E-state index in [9.17, 15) is 37.4 Å². The van der Waals surface area contributed by atoms with Gasteiger partial charge in [-0.2, -0.15) is 13.2 Å². The number of alkyl halides is 3. The van der Waals surface area contributed by atoms with Crippen molar-refractivity contribution in [1.82, 2.24) is 5.32 Å². The highest BCUT2D eigenvalue weighted by atomic mass is 19.4. The van der Waals surface area contributed by atoms with Crippen LogP contribution in [0.4, 0.5) is 17.6 Å². The van der Waals surface area contributed by atoms with Gasteiger partial charge < -0.3 is 20.3 Å². The number of aliphatic hydroxyl groups is 1. The van der Waals surface area contributed by atoms with Gasteiger partial charge in [0.25, 0.3) is 5.91 Å². The van der Waals surface area contributed by atoms with Gasteiger partial charge in [0.05, 0.1) is 16.7 Å². The second-order valence-electron chi connectivity index (χ2n) is 12.1. The number of nitrogens with one attached hydrogen (secondary N) is 1. The summed E-state index contributed by atoms with van der Waals surface area (Å²) in [7, 11) is 0. The Labute approximate surface area is 233 Å². The largest absolute Gasteiger partial charge is 0.487 e. The summed E-state index contributed by atoms with van der Waals surface area (Å²) in [5, 5.41) is 25.0. The van der Waals surface area contributed by atoms with Gasteiger partial charge in [0.2, 0.25) is 0 Å². The van der Waals surface area contributed by atoms with Crippen LogP contribution >= 0.6 is 0 Å². The molecular weight excluding hydrogens is 542 g/mol. The molecule has 4 aliphatic rings. The first-order valence-electron chi connectivity index (χ1n) is 13.6. The Hall–Kier alpha value is -3.66. The smallest absolute Gasteiger partial charge is 0.416 e. The lowest BCUT2D eigenvalue weighted by Gasteiger charge is -2.61. The van der Waals surface area contributed by atoms with E-state index < -0.39 is 46.5 Å². The van der Waals surface area contributed by atoms with Crippen LogP contribution in [0.3, 0.4) is 0 Å². The second kappa shape index (κ2) is 9.72. The number of ether oxygens (including phenoxy) is 1. The predicted molar refractivity (Wildman–Crippen MR) is 141 cm³/mol. The summed E-state index contributed by atoms with van der Waals surface area (Å²) >= 11 is 0. The SMILES string of the molecule is O=C(N[C@H](C(=O)O)C12C[C@@H]3C[C@@H](CC(O)(C3)C1)C2)c1ccc2cc(F)ccc2c1OCc1ccc(C(F)(F)F)cc1. The quantitative estimate of drug-likeness (QED) is 0.298. The zero-order valence-electron chi connectivity index (χ0n) is 22.0. The van der Waals surface area contributed by atoms with Crippen molar-refractivity contribution in [3.8, 4) is 5.75 Å². The molecule has 3 N–H and O–H groups in total. The number of benzene rings is 3. The molecule has 4 aliphatic carbocycles. The molecule has 4 saturated carbocycles. The number of carboxylic acid groups (broad SMARTS) is 1. The van der Waals surface area contributed by atoms with E-state index in [0.29, 0.717) is 48.4 Å². The van der Waals surface area contributed by atoms with E-state index in [-0.39, 0.29) is 29.8 Å². The van der Waals surface area contributed by atoms with E-state index in [1.807, 2.05) is 0 Å². The van der Waals surface area contributed by atoms with Crippen LogP contribution in [-0.2, 0) is 17.6 Å². The molecule has 0 radical (unpaired) electrons. The molecule has 6 nitrogen and oxygen atoms in total. The monoisotopic (exact) mass is 571 g/mol. The maximum absolute atomic E-state index is 14.0. The number of halogens is 4. The number of carbonyl (C=O) groups excluding carboxylic acids is 1. The van der Waals surface area contributed by atoms with Crippen LogP contribution in [0, 0.1) is 23.1 Å². The molecule has 1 amide bonds. The van der Waals surface area contributed by atoms with Crippen LogP contribution in [-0.4, -0.2) is 33.7 Å². The molecule has 0 spiro atoms. The van der Waals surface area contributed by atoms with Crippen LogP contribution in [0.5, 0.6) is 5.75 Å². The van der Waals surface area contributed by atoms with Crippen molar-refractivity contribution >= 4 is 22.6 Å². The number of amides is 1. The average molecular weight is 572 g/mol. The molecule has 216 valence electrons. The predicted octanol–water partition coefficient (Wildman–Crippen LogP) is 6.09. The molecule has 7 rings (SSSR count). The highest BCUT2D eigenvalue weighted by molar-refractivity contribution is 6.05. The van der Waals surface area contributed by atoms with Crippen LogP contribution in [0.15, 0.2) is 54.6 Å². The van der Waals surface area contributed by atoms with Crippen LogP contribution in [0.2, 0.25) is 0 Å². The summed E-state index contributed by atoms with van der Waals surface area (Å²) in [4.78, 5) is 26.3. The normalized spacial score (nSPS) is 27.5. The summed E-state index contributed by atoms with van der Waals surface area (Å²) in [5.41, 5.74) is -2.08. The molecule has 4 fully saturated rings. The highest BCUT2D eigenvalue weighted by Crippen LogP contribution is 2.62. The van der Waals surface area contributed by atoms with Crippen LogP contribution < -0.4 is 10.1 Å². The van der Waals surface area contributed by atoms with E-state index in [4.69, 9.17) is 4.74 Å². The number of hydrogen-bond acceptors (Lipinski definition) is 4. The molecule has 10 heteroatoms. The van der Waals surface area contributed by atoms with Gasteiger partial charge in [0.1, 0.15) is 24.2 Å². The topological polar surface area (TPSA) is 95.9 Å². The molecular formula is C31H29F4NO5. The Morgan fingerprint density at radius 2 is 1.68 bits per heavy atom. The Bertz CT molecular complexity index is 1510. The van der Waals surface area contributed by atoms with Gasteiger partial charge in [-0.1, -0.05) is 18.2 Å². The van der Waals surface area contributed by atoms with Crippen molar-refractivity contribution in [2.45, 2.75) is 63.0 Å². The highest BCUT2D eigenvalue weighted by Gasteiger charge is 2.61. The summed E-state index contributed by atoms with van der Waals surface area (Å²) in [5.74, 6) is -1.91. The fourth-order valence-corrected chi connectivity index (χ4v) is 7.86. The van der Waals surface area contributed by atoms with Gasteiger partial charge in [-0.25, -0.2) is 9.18 Å². The molecule has 3 aromatic rings. The minimum atomic E-state index is -4.49. The zero-order valence-corrected chi connectivity index (χ0v) is 22.0. The van der Waals surface area contributed by atoms with Gasteiger partial charge in [0, 0.05) is 10.8 Å². The maximum atomic E-state index is 14.0. The van der Waals surface area contributed by atoms with E-state index in [1.165, 1.54) is 42.5 Å². The average Bonchev–Trinajstić information content (AvgIpc) is 2.88. The number of carbonyl (C=O) groups is 2. The summed E-state index contributed by atoms with van der Waals surface area (Å²) < 4.78 is 58.9. The fourth-order valence-electron chi connectivity index (χ4n) is 7.86. The molecule has 0 aromatic heterocycles. The lowest BCUT2D eigenvalue weighted by atomic mass is 9.46. The number of rotatable bonds is 7. The molecule has 0 aliphatic heterocycles. The third-order valence-electron chi connectivity index (χ3n) is 9.05. The number of aliphatic carboxylic acids is 1. The summed E-state index contributed by atoms with van der Waals surface area (Å²) in [6.07, 6.45) is -0.721. The van der Waals surface area contributed by atoms with Crippen molar-refractivity contribution in [3.05, 3.63) is 77.1 Å². The fraction of sp³-hybridized carbons (Fsp3) is 0.419. The van der Waals surface area contributed by atoms with Crippen molar-refractivity contribution in [2.24, 2.45) is 17.3 Å². The Morgan fingerprint density at radius 1 is 1.00 bits per heavy atom. The van der Waals surface area contributed by atoms with E-state index in [1.54, 1.807) is 0 Å². The third-order valence-corrected chi connectivity index (χ3v) is 9.05. The Kier molecular flexibility index (Phi) is 6.52. The van der Waals surface area contributed by atoms with Crippen molar-refractivity contribution in [2.75, 3.05) is 0 Å². The lowest BCUT2D eigenvalue weighted by Crippen LogP contribution is -2.64. The van der Waals surface area contributed by atoms with Gasteiger partial charge in [-0.3, -0.25) is 4.79 Å². The summed E-state index contributed by atoms with van der Waals surface area (Å²) in [6, 6.07) is 10.0. The molecule has 4 bridgehead atoms. The van der Waals surface area contributed by atoms with Gasteiger partial charge >= 0.3 is 12.1 Å². The standard InChI is InChI=1S/C31H29F4NO5/c32-22-6-8-23-20(10-22)3-7-24(25(23)41-15-17-1-4-21(5-2-17)31(33,34)35)27(37)36-26(28(38)39)29-11-18-9-19(12-29)14-30(40,13-18)16-29/h1-8,10,18-19,26,40H,9,11-16H2,(H,36,37)(H,38,39)/t18-,19+,26-,29?,30?/m1/s1. The third kappa shape index (κ3) is 5.14. The molecule has 0 heterocycles. The zero-order chi connectivity index (χ0) is 29.2. The number of hydrogen-bond donors (Lipinski definition) is 3. The Morgan fingerprint density at radius 3 is 2.29 bits per heavy atom. The first-order valence-corrected chi connectivity index (χ1v) is 13.6. The van der Waals surface area contributed by atoms with Gasteiger partial charge in [0.15, 0.2) is 0 Å². The van der Waals surface area contributed by atoms with E-state index in [2.05, 4.69) is 5.32 Å². The van der Waals surface area contributed by atoms with E-state index >= 15 is 0 Å². The summed E-state index contributed by atoms with van der Waals surface area (Å²) in [6.45, 7) is -0.183. The molecule has 41 heavy (non-hydrogen) atoms. The first kappa shape index (κ1) is 27.5. The second-order valence-corrected chi connectivity index (χ2v) is 12.1. The number of carboxylic acids is 1. The van der Waals surface area contributed by atoms with Crippen LogP contribution in [0.1, 0.15) is 60.0 Å². The number of fused-ring (bicyclic) bond motifs is 1. The molecule has 2 unspecified atom stereocenters. The minimum absolute atomic E-state index is 0.0192. The molecule has 5 atom stereocenters. The maximum Gasteiger partial charge on any atom is 0.416 e. The Balaban J connectivity index is 1.31. The van der Waals surface area contributed by atoms with Crippen molar-refractivity contribution in [3.63, 3.8) is 0 Å². The van der Waals surface area contributed by atoms with Crippen molar-refractivity contribution < 1.29 is 42.1 Å². The molecule has 3 aromatic carbocycles. The van der Waals surface area contributed by atoms with E-state index in [0.717, 1.165) is 18.6 Å². The van der Waals surface area contributed by atoms with Crippen LogP contribution in [0.25, 0.3) is 10.8 Å². The van der Waals surface area contributed by atoms with Crippen molar-refractivity contribution in [1.29, 1.82) is 0 Å². The first-order chi connectivity index (χ1) is 19.3. The van der Waals surface area contributed by atoms with Gasteiger partial charge in [-0.05, 0) is 97.7 Å². The molecule has 0 saturated heterocycles. The minimum Gasteiger partial charge on any atom is -0.487 e. The van der Waals surface area contributed by atoms with Gasteiger partial charge in [-0.15, -0.1) is 0 Å².